The van der Waals surface area contributed by atoms with Crippen molar-refractivity contribution in [2.75, 3.05) is 0 Å². The first kappa shape index (κ1) is 20.5. The molecule has 0 spiro atoms. The minimum absolute atomic E-state index is 0.271. The van der Waals surface area contributed by atoms with Crippen LogP contribution in [0.25, 0.3) is 5.82 Å². The first-order valence-corrected chi connectivity index (χ1v) is 8.42. The van der Waals surface area contributed by atoms with Crippen LogP contribution >= 0.6 is 0 Å². The lowest BCUT2D eigenvalue weighted by Gasteiger charge is -2.15. The van der Waals surface area contributed by atoms with Crippen LogP contribution in [0.15, 0.2) is 42.9 Å². The molecule has 0 aliphatic rings. The second-order valence-electron chi connectivity index (χ2n) is 6.15. The van der Waals surface area contributed by atoms with E-state index in [1.807, 2.05) is 6.07 Å². The van der Waals surface area contributed by atoms with Gasteiger partial charge < -0.3 is 5.32 Å². The number of carbonyl (C=O) groups is 1. The maximum absolute atomic E-state index is 13.0. The molecule has 3 rings (SSSR count). The van der Waals surface area contributed by atoms with Gasteiger partial charge in [-0.3, -0.25) is 4.79 Å². The number of carbonyl (C=O) groups excluding carboxylic acids is 1. The first-order valence-electron chi connectivity index (χ1n) is 8.42. The average molecular weight is 411 g/mol. The molecule has 150 valence electrons. The van der Waals surface area contributed by atoms with E-state index in [-0.39, 0.29) is 17.0 Å². The summed E-state index contributed by atoms with van der Waals surface area (Å²) in [5.74, 6) is -0.200. The van der Waals surface area contributed by atoms with E-state index in [4.69, 9.17) is 10.5 Å². The SMILES string of the molecule is CC(NC(=O)c1cc(C#N)cc(C(F)(F)F)c1)c1ncnn1-c1ccc(C#N)cn1. The number of amides is 1. The fraction of sp³-hybridized carbons (Fsp3) is 0.158. The molecule has 1 unspecified atom stereocenters. The lowest BCUT2D eigenvalue weighted by Crippen LogP contribution is -2.29. The molecule has 3 aromatic rings. The summed E-state index contributed by atoms with van der Waals surface area (Å²) in [6.45, 7) is 1.57. The Kier molecular flexibility index (Phi) is 5.47. The number of halogens is 3. The van der Waals surface area contributed by atoms with Crippen LogP contribution in [-0.4, -0.2) is 25.7 Å². The fourth-order valence-electron chi connectivity index (χ4n) is 2.63. The highest BCUT2D eigenvalue weighted by molar-refractivity contribution is 5.95. The summed E-state index contributed by atoms with van der Waals surface area (Å²) in [6, 6.07) is 8.30. The number of aromatic nitrogens is 4. The Balaban J connectivity index is 1.86. The number of nitriles is 2. The third-order valence-corrected chi connectivity index (χ3v) is 4.05. The van der Waals surface area contributed by atoms with Gasteiger partial charge in [-0.1, -0.05) is 0 Å². The number of hydrogen-bond donors (Lipinski definition) is 1. The van der Waals surface area contributed by atoms with E-state index in [2.05, 4.69) is 20.4 Å². The molecule has 0 fully saturated rings. The Morgan fingerprint density at radius 2 is 1.87 bits per heavy atom. The predicted molar refractivity (Wildman–Crippen MR) is 95.9 cm³/mol. The maximum atomic E-state index is 13.0. The number of hydrogen-bond acceptors (Lipinski definition) is 6. The summed E-state index contributed by atoms with van der Waals surface area (Å²) in [4.78, 5) is 20.7. The molecule has 1 atom stereocenters. The van der Waals surface area contributed by atoms with Crippen LogP contribution < -0.4 is 5.32 Å². The summed E-state index contributed by atoms with van der Waals surface area (Å²) in [5, 5.41) is 24.4. The highest BCUT2D eigenvalue weighted by Gasteiger charge is 2.32. The highest BCUT2D eigenvalue weighted by atomic mass is 19.4. The van der Waals surface area contributed by atoms with Crippen LogP contribution in [0.3, 0.4) is 0 Å². The number of rotatable bonds is 4. The number of pyridine rings is 1. The number of nitrogens with one attached hydrogen (secondary N) is 1. The zero-order chi connectivity index (χ0) is 21.9. The van der Waals surface area contributed by atoms with Gasteiger partial charge in [0.05, 0.1) is 28.8 Å². The second-order valence-corrected chi connectivity index (χ2v) is 6.15. The summed E-state index contributed by atoms with van der Waals surface area (Å²) in [7, 11) is 0. The molecule has 0 saturated carbocycles. The van der Waals surface area contributed by atoms with Crippen LogP contribution in [0.2, 0.25) is 0 Å². The van der Waals surface area contributed by atoms with Crippen molar-refractivity contribution in [3.05, 3.63) is 70.9 Å². The quantitative estimate of drug-likeness (QED) is 0.705. The standard InChI is InChI=1S/C19H12F3N7O/c1-11(17-26-10-27-29(17)16-3-2-12(7-23)9-25-16)28-18(30)14-4-13(8-24)5-15(6-14)19(20,21)22/h2-6,9-11H,1H3,(H,28,30). The molecule has 8 nitrogen and oxygen atoms in total. The van der Waals surface area contributed by atoms with E-state index in [9.17, 15) is 18.0 Å². The van der Waals surface area contributed by atoms with E-state index in [0.29, 0.717) is 23.5 Å². The molecule has 1 N–H and O–H groups in total. The van der Waals surface area contributed by atoms with E-state index in [1.54, 1.807) is 13.0 Å². The van der Waals surface area contributed by atoms with Gasteiger partial charge in [-0.25, -0.2) is 9.97 Å². The predicted octanol–water partition coefficient (Wildman–Crippen LogP) is 2.92. The molecule has 1 amide bonds. The number of alkyl halides is 3. The van der Waals surface area contributed by atoms with Crippen molar-refractivity contribution in [1.29, 1.82) is 10.5 Å². The molecule has 0 bridgehead atoms. The van der Waals surface area contributed by atoms with Crippen molar-refractivity contribution in [2.45, 2.75) is 19.1 Å². The molecular weight excluding hydrogens is 399 g/mol. The van der Waals surface area contributed by atoms with Gasteiger partial charge >= 0.3 is 6.18 Å². The van der Waals surface area contributed by atoms with Gasteiger partial charge in [0.15, 0.2) is 11.6 Å². The van der Waals surface area contributed by atoms with Gasteiger partial charge in [-0.05, 0) is 37.3 Å². The van der Waals surface area contributed by atoms with Crippen LogP contribution in [0.5, 0.6) is 0 Å². The normalized spacial score (nSPS) is 11.9. The summed E-state index contributed by atoms with van der Waals surface area (Å²) >= 11 is 0. The summed E-state index contributed by atoms with van der Waals surface area (Å²) in [6.07, 6.45) is -2.12. The molecule has 2 heterocycles. The third kappa shape index (κ3) is 4.25. The van der Waals surface area contributed by atoms with E-state index in [0.717, 1.165) is 6.07 Å². The minimum atomic E-state index is -4.70. The van der Waals surface area contributed by atoms with Gasteiger partial charge in [0.1, 0.15) is 12.4 Å². The third-order valence-electron chi connectivity index (χ3n) is 4.05. The Morgan fingerprint density at radius 1 is 1.13 bits per heavy atom. The minimum Gasteiger partial charge on any atom is -0.342 e. The van der Waals surface area contributed by atoms with Crippen molar-refractivity contribution in [2.24, 2.45) is 0 Å². The number of nitrogens with zero attached hydrogens (tertiary/aromatic N) is 6. The molecule has 1 aromatic carbocycles. The molecule has 11 heteroatoms. The fourth-order valence-corrected chi connectivity index (χ4v) is 2.63. The molecule has 0 saturated heterocycles. The molecule has 0 aliphatic heterocycles. The molecule has 0 radical (unpaired) electrons. The largest absolute Gasteiger partial charge is 0.416 e. The molecule has 0 aliphatic carbocycles. The van der Waals surface area contributed by atoms with Crippen molar-refractivity contribution < 1.29 is 18.0 Å². The van der Waals surface area contributed by atoms with Gasteiger partial charge in [0, 0.05) is 11.8 Å². The first-order chi connectivity index (χ1) is 14.2. The molecule has 2 aromatic heterocycles. The van der Waals surface area contributed by atoms with E-state index < -0.39 is 23.7 Å². The van der Waals surface area contributed by atoms with Crippen LogP contribution in [0.1, 0.15) is 45.8 Å². The van der Waals surface area contributed by atoms with Crippen molar-refractivity contribution in [3.63, 3.8) is 0 Å². The zero-order valence-corrected chi connectivity index (χ0v) is 15.3. The topological polar surface area (TPSA) is 120 Å². The van der Waals surface area contributed by atoms with Gasteiger partial charge in [0.25, 0.3) is 5.91 Å². The van der Waals surface area contributed by atoms with Gasteiger partial charge in [-0.2, -0.15) is 33.5 Å². The molecule has 30 heavy (non-hydrogen) atoms. The molecular formula is C19H12F3N7O. The smallest absolute Gasteiger partial charge is 0.342 e. The Morgan fingerprint density at radius 3 is 2.47 bits per heavy atom. The summed E-state index contributed by atoms with van der Waals surface area (Å²) < 4.78 is 40.4. The van der Waals surface area contributed by atoms with E-state index in [1.165, 1.54) is 29.3 Å². The maximum Gasteiger partial charge on any atom is 0.416 e. The second kappa shape index (κ2) is 8.01. The highest BCUT2D eigenvalue weighted by Crippen LogP contribution is 2.30. The zero-order valence-electron chi connectivity index (χ0n) is 15.3. The van der Waals surface area contributed by atoms with Crippen LogP contribution in [0.4, 0.5) is 13.2 Å². The van der Waals surface area contributed by atoms with Crippen molar-refractivity contribution >= 4 is 5.91 Å². The average Bonchev–Trinajstić information content (AvgIpc) is 3.22. The van der Waals surface area contributed by atoms with Crippen LogP contribution in [0, 0.1) is 22.7 Å². The van der Waals surface area contributed by atoms with Crippen LogP contribution in [-0.2, 0) is 6.18 Å². The Bertz CT molecular complexity index is 1170. The van der Waals surface area contributed by atoms with Gasteiger partial charge in [-0.15, -0.1) is 0 Å². The van der Waals surface area contributed by atoms with Crippen molar-refractivity contribution in [3.8, 4) is 18.0 Å². The Labute approximate surface area is 168 Å². The van der Waals surface area contributed by atoms with Crippen molar-refractivity contribution in [1.82, 2.24) is 25.1 Å². The monoisotopic (exact) mass is 411 g/mol. The number of benzene rings is 1. The lowest BCUT2D eigenvalue weighted by molar-refractivity contribution is -0.137. The van der Waals surface area contributed by atoms with E-state index >= 15 is 0 Å². The lowest BCUT2D eigenvalue weighted by atomic mass is 10.0. The van der Waals surface area contributed by atoms with Gasteiger partial charge in [0.2, 0.25) is 0 Å². The summed E-state index contributed by atoms with van der Waals surface area (Å²) in [5.41, 5.74) is -1.34. The Hall–Kier alpha value is -4.25.